The standard InChI is InChI=1S/C57H92O26S/c1-22(2)12-11-17-57(10,69)34-14-13-30-29-21-33(32-20-28(83-84(70,71)72)15-18-55(32,8)31(29)16-19-56(30,34)9)78-52-45(68)47(38(61)26(6)75-52)80-54-49(82-51-43(66)40(63)36(59)24(4)74-51)44(67)46(27(7)77-54)79-53-48(41(64)37(60)25(5)76-53)81-50-42(65)39(62)35(58)23(3)73-50/h12,16,23-30,32-37,39-54,58-60,62-69H,11,13-15,17-21H2,1-10H3,(H,70,71,72)/t23-,24-,25-,26-,27-,28+,29+,30+,32-,33+,34+,35-,36-,37+,39+,40+,41+,42-,43-,44+,45-,46-,47+,48-,49-,50+,51+,52+,53+,54+,55-,56+,57+/m1/s1. The monoisotopic (exact) mass is 1220 g/mol. The number of rotatable bonds is 16. The Hall–Kier alpha value is -1.82. The van der Waals surface area contributed by atoms with Gasteiger partial charge in [0.15, 0.2) is 43.3 Å². The molecule has 9 rings (SSSR count). The number of fused-ring (bicyclic) bond motifs is 5. The predicted molar refractivity (Wildman–Crippen MR) is 287 cm³/mol. The van der Waals surface area contributed by atoms with Gasteiger partial charge in [0.2, 0.25) is 0 Å². The number of hydrogen-bond donors (Lipinski definition) is 12. The first kappa shape index (κ1) is 66.6. The van der Waals surface area contributed by atoms with Crippen LogP contribution in [0.1, 0.15) is 127 Å². The summed E-state index contributed by atoms with van der Waals surface area (Å²) in [5.74, 6) is -1.29. The molecule has 4 aliphatic carbocycles. The van der Waals surface area contributed by atoms with Gasteiger partial charge in [0, 0.05) is 0 Å². The van der Waals surface area contributed by atoms with Gasteiger partial charge in [0.05, 0.1) is 42.2 Å². The molecule has 33 atom stereocenters. The number of carbonyl (C=O) groups is 1. The van der Waals surface area contributed by atoms with Crippen molar-refractivity contribution in [1.82, 2.24) is 0 Å². The normalized spacial score (nSPS) is 51.6. The Morgan fingerprint density at radius 2 is 1.15 bits per heavy atom. The number of carbonyl (C=O) groups excluding carboxylic acids is 1. The minimum Gasteiger partial charge on any atom is -0.390 e. The zero-order chi connectivity index (χ0) is 61.6. The van der Waals surface area contributed by atoms with Gasteiger partial charge in [-0.15, -0.1) is 0 Å². The van der Waals surface area contributed by atoms with Crippen LogP contribution in [0.3, 0.4) is 0 Å². The lowest BCUT2D eigenvalue weighted by molar-refractivity contribution is -0.399. The molecule has 5 saturated heterocycles. The Balaban J connectivity index is 0.992. The van der Waals surface area contributed by atoms with Crippen molar-refractivity contribution in [1.29, 1.82) is 0 Å². The molecule has 3 saturated carbocycles. The van der Waals surface area contributed by atoms with Crippen molar-refractivity contribution in [3.05, 3.63) is 23.3 Å². The SMILES string of the molecule is CC(C)=CCC[C@](C)(O)[C@H]1CC[C@H]2[C@@H]3C[C@H](O[C@@H]4O[C@H](C)C(=O)[C@H](O[C@@H]5O[C@H](C)[C@@H](O[C@@H]6O[C@H](C)[C@H](O)[C@H](O)[C@H]6O[C@@H]6O[C@H](C)[C@@H](O)[C@H](O)[C@H]6O)[C@H](O)[C@H]5O[C@@H]5O[C@H](C)[C@@H](O)[C@H](O)[C@H]5O)[C@H]4O)[C@H]4C[C@@H](OS(=O)(=O)O)CC[C@]4(C)C3=CC[C@@]21C. The second kappa shape index (κ2) is 25.5. The molecule has 12 N–H and O–H groups in total. The number of aliphatic hydroxyl groups is 11. The highest BCUT2D eigenvalue weighted by atomic mass is 32.3. The van der Waals surface area contributed by atoms with Crippen molar-refractivity contribution < 1.29 is 125 Å². The Morgan fingerprint density at radius 1 is 0.631 bits per heavy atom. The summed E-state index contributed by atoms with van der Waals surface area (Å²) in [6.07, 6.45) is -32.1. The molecule has 27 heteroatoms. The van der Waals surface area contributed by atoms with Crippen LogP contribution in [-0.2, 0) is 66.7 Å². The lowest BCUT2D eigenvalue weighted by atomic mass is 9.47. The molecule has 0 aromatic rings. The molecule has 0 radical (unpaired) electrons. The third-order valence-electron chi connectivity index (χ3n) is 20.4. The number of allylic oxidation sites excluding steroid dienone is 4. The summed E-state index contributed by atoms with van der Waals surface area (Å²) in [6, 6.07) is 0. The molecular weight excluding hydrogens is 1130 g/mol. The van der Waals surface area contributed by atoms with Gasteiger partial charge >= 0.3 is 10.4 Å². The van der Waals surface area contributed by atoms with Crippen LogP contribution in [0.25, 0.3) is 0 Å². The van der Waals surface area contributed by atoms with E-state index < -0.39 is 193 Å². The van der Waals surface area contributed by atoms with Crippen LogP contribution < -0.4 is 0 Å². The predicted octanol–water partition coefficient (Wildman–Crippen LogP) is -0.311. The van der Waals surface area contributed by atoms with Crippen LogP contribution in [0.15, 0.2) is 23.3 Å². The quantitative estimate of drug-likeness (QED) is 0.0696. The molecule has 0 aromatic carbocycles. The zero-order valence-corrected chi connectivity index (χ0v) is 50.1. The van der Waals surface area contributed by atoms with Crippen LogP contribution >= 0.6 is 0 Å². The maximum Gasteiger partial charge on any atom is 0.397 e. The first-order chi connectivity index (χ1) is 39.2. The molecule has 26 nitrogen and oxygen atoms in total. The van der Waals surface area contributed by atoms with Gasteiger partial charge in [-0.3, -0.25) is 9.35 Å². The molecule has 0 spiro atoms. The summed E-state index contributed by atoms with van der Waals surface area (Å²) < 4.78 is 101. The molecular formula is C57H92O26S. The molecule has 0 bridgehead atoms. The van der Waals surface area contributed by atoms with E-state index in [1.807, 2.05) is 20.8 Å². The molecule has 9 aliphatic rings. The number of aliphatic hydroxyl groups excluding tert-OH is 10. The molecule has 0 unspecified atom stereocenters. The molecule has 0 amide bonds. The largest absolute Gasteiger partial charge is 0.397 e. The van der Waals surface area contributed by atoms with E-state index in [1.54, 1.807) is 0 Å². The first-order valence-electron chi connectivity index (χ1n) is 29.8. The number of hydrogen-bond acceptors (Lipinski definition) is 25. The van der Waals surface area contributed by atoms with Crippen molar-refractivity contribution in [3.63, 3.8) is 0 Å². The van der Waals surface area contributed by atoms with E-state index >= 15 is 0 Å². The van der Waals surface area contributed by atoms with Gasteiger partial charge in [-0.1, -0.05) is 37.1 Å². The minimum atomic E-state index is -4.86. The molecule has 482 valence electrons. The molecule has 0 aromatic heterocycles. The van der Waals surface area contributed by atoms with E-state index in [-0.39, 0.29) is 29.6 Å². The third-order valence-corrected chi connectivity index (χ3v) is 20.9. The van der Waals surface area contributed by atoms with Crippen LogP contribution in [0, 0.1) is 34.5 Å². The van der Waals surface area contributed by atoms with Crippen molar-refractivity contribution in [2.24, 2.45) is 34.5 Å². The molecule has 5 aliphatic heterocycles. The summed E-state index contributed by atoms with van der Waals surface area (Å²) in [5, 5.41) is 124. The van der Waals surface area contributed by atoms with Crippen molar-refractivity contribution in [3.8, 4) is 0 Å². The highest BCUT2D eigenvalue weighted by Gasteiger charge is 2.64. The number of ether oxygens (including phenoxy) is 10. The average molecular weight is 1230 g/mol. The number of Topliss-reactive ketones (excluding diaryl/α,β-unsaturated/α-hetero) is 1. The van der Waals surface area contributed by atoms with Crippen LogP contribution in [0.4, 0.5) is 0 Å². The van der Waals surface area contributed by atoms with Gasteiger partial charge in [-0.2, -0.15) is 8.42 Å². The first-order valence-corrected chi connectivity index (χ1v) is 31.1. The summed E-state index contributed by atoms with van der Waals surface area (Å²) in [7, 11) is -4.86. The van der Waals surface area contributed by atoms with E-state index in [1.165, 1.54) is 45.8 Å². The van der Waals surface area contributed by atoms with E-state index in [2.05, 4.69) is 26.0 Å². The zero-order valence-electron chi connectivity index (χ0n) is 49.3. The van der Waals surface area contributed by atoms with Gasteiger partial charge in [-0.25, -0.2) is 4.18 Å². The average Bonchev–Trinajstić information content (AvgIpc) is 1.39. The highest BCUT2D eigenvalue weighted by Crippen LogP contribution is 2.67. The second-order valence-electron chi connectivity index (χ2n) is 26.4. The van der Waals surface area contributed by atoms with Crippen molar-refractivity contribution >= 4 is 16.2 Å². The molecule has 8 fully saturated rings. The Bertz CT molecular complexity index is 2460. The smallest absolute Gasteiger partial charge is 0.390 e. The second-order valence-corrected chi connectivity index (χ2v) is 27.4. The summed E-state index contributed by atoms with van der Waals surface area (Å²) in [5.41, 5.74) is 0.482. The fourth-order valence-corrected chi connectivity index (χ4v) is 16.2. The van der Waals surface area contributed by atoms with Gasteiger partial charge in [-0.05, 0) is 148 Å². The van der Waals surface area contributed by atoms with Gasteiger partial charge < -0.3 is 104 Å². The topological polar surface area (TPSA) is 396 Å². The van der Waals surface area contributed by atoms with Gasteiger partial charge in [0.1, 0.15) is 85.5 Å². The van der Waals surface area contributed by atoms with E-state index in [0.717, 1.165) is 19.3 Å². The lowest BCUT2D eigenvalue weighted by Crippen LogP contribution is -2.67. The van der Waals surface area contributed by atoms with Crippen molar-refractivity contribution in [2.75, 3.05) is 0 Å². The Kier molecular flexibility index (Phi) is 20.2. The maximum atomic E-state index is 14.4. The Morgan fingerprint density at radius 3 is 1.74 bits per heavy atom. The van der Waals surface area contributed by atoms with E-state index in [9.17, 15) is 73.9 Å². The molecule has 84 heavy (non-hydrogen) atoms. The third kappa shape index (κ3) is 12.9. The van der Waals surface area contributed by atoms with Gasteiger partial charge in [0.25, 0.3) is 0 Å². The van der Waals surface area contributed by atoms with E-state index in [4.69, 9.17) is 51.6 Å². The fraction of sp³-hybridized carbons (Fsp3) is 0.912. The number of ketones is 1. The van der Waals surface area contributed by atoms with E-state index in [0.29, 0.717) is 32.1 Å². The van der Waals surface area contributed by atoms with Crippen LogP contribution in [0.2, 0.25) is 0 Å². The summed E-state index contributed by atoms with van der Waals surface area (Å²) in [4.78, 5) is 14.4. The summed E-state index contributed by atoms with van der Waals surface area (Å²) in [6.45, 7) is 17.4. The van der Waals surface area contributed by atoms with Crippen LogP contribution in [0.5, 0.6) is 0 Å². The van der Waals surface area contributed by atoms with Crippen molar-refractivity contribution in [2.45, 2.75) is 292 Å². The maximum absolute atomic E-state index is 14.4. The lowest BCUT2D eigenvalue weighted by Gasteiger charge is -2.60. The summed E-state index contributed by atoms with van der Waals surface area (Å²) >= 11 is 0. The highest BCUT2D eigenvalue weighted by molar-refractivity contribution is 7.80. The fourth-order valence-electron chi connectivity index (χ4n) is 15.6. The molecule has 5 heterocycles. The van der Waals surface area contributed by atoms with Crippen LogP contribution in [-0.4, -0.2) is 240 Å². The Labute approximate surface area is 490 Å². The minimum absolute atomic E-state index is 0.0359.